The van der Waals surface area contributed by atoms with E-state index < -0.39 is 5.92 Å². The van der Waals surface area contributed by atoms with Crippen LogP contribution in [0.25, 0.3) is 0 Å². The molecule has 3 aromatic rings. The number of hydrogen-bond donors (Lipinski definition) is 1. The van der Waals surface area contributed by atoms with E-state index in [0.29, 0.717) is 27.9 Å². The van der Waals surface area contributed by atoms with Gasteiger partial charge in [0.1, 0.15) is 17.3 Å². The molecule has 30 heavy (non-hydrogen) atoms. The van der Waals surface area contributed by atoms with Crippen molar-refractivity contribution in [2.24, 2.45) is 5.92 Å². The van der Waals surface area contributed by atoms with Gasteiger partial charge in [0.2, 0.25) is 11.8 Å². The van der Waals surface area contributed by atoms with Crippen molar-refractivity contribution in [3.8, 4) is 11.5 Å². The van der Waals surface area contributed by atoms with Crippen LogP contribution in [0.5, 0.6) is 11.5 Å². The molecule has 4 rings (SSSR count). The number of benzene rings is 3. The van der Waals surface area contributed by atoms with Crippen molar-refractivity contribution >= 4 is 34.8 Å². The van der Waals surface area contributed by atoms with Crippen LogP contribution in [-0.4, -0.2) is 18.4 Å². The molecule has 0 spiro atoms. The number of ether oxygens (including phenoxy) is 1. The number of nitrogens with zero attached hydrogens (tertiary/aromatic N) is 1. The van der Waals surface area contributed by atoms with Crippen LogP contribution in [-0.2, 0) is 9.59 Å². The van der Waals surface area contributed by atoms with Crippen LogP contribution in [0.3, 0.4) is 0 Å². The number of hydrogen-bond acceptors (Lipinski definition) is 3. The van der Waals surface area contributed by atoms with Gasteiger partial charge in [-0.15, -0.1) is 0 Å². The van der Waals surface area contributed by atoms with Crippen LogP contribution in [0.15, 0.2) is 72.8 Å². The molecule has 152 valence electrons. The molecule has 1 heterocycles. The first kappa shape index (κ1) is 19.9. The van der Waals surface area contributed by atoms with Crippen molar-refractivity contribution in [1.82, 2.24) is 0 Å². The van der Waals surface area contributed by atoms with E-state index in [4.69, 9.17) is 16.3 Å². The van der Waals surface area contributed by atoms with Gasteiger partial charge in [-0.1, -0.05) is 11.6 Å². The zero-order chi connectivity index (χ0) is 21.1. The Labute approximate surface area is 178 Å². The topological polar surface area (TPSA) is 58.6 Å². The molecule has 1 fully saturated rings. The maximum atomic E-state index is 13.1. The minimum Gasteiger partial charge on any atom is -0.457 e. The van der Waals surface area contributed by atoms with Crippen LogP contribution in [0.2, 0.25) is 5.02 Å². The molecule has 1 N–H and O–H groups in total. The number of nitrogens with one attached hydrogen (secondary N) is 1. The second-order valence-corrected chi connectivity index (χ2v) is 7.39. The Morgan fingerprint density at radius 1 is 0.967 bits per heavy atom. The Kier molecular flexibility index (Phi) is 5.68. The Morgan fingerprint density at radius 2 is 1.57 bits per heavy atom. The molecular formula is C23H18ClFN2O3. The molecule has 0 aliphatic carbocycles. The molecule has 0 aromatic heterocycles. The van der Waals surface area contributed by atoms with Gasteiger partial charge in [-0.2, -0.15) is 0 Å². The van der Waals surface area contributed by atoms with Crippen molar-refractivity contribution in [3.63, 3.8) is 0 Å². The molecule has 0 unspecified atom stereocenters. The van der Waals surface area contributed by atoms with Gasteiger partial charge >= 0.3 is 0 Å². The lowest BCUT2D eigenvalue weighted by Gasteiger charge is -2.16. The van der Waals surface area contributed by atoms with Crippen molar-refractivity contribution in [3.05, 3.63) is 83.6 Å². The number of carbonyl (C=O) groups excluding carboxylic acids is 2. The summed E-state index contributed by atoms with van der Waals surface area (Å²) in [5.41, 5.74) is 1.19. The third kappa shape index (κ3) is 4.60. The molecule has 1 saturated heterocycles. The fraction of sp³-hybridized carbons (Fsp3) is 0.130. The number of halogens is 2. The highest BCUT2D eigenvalue weighted by Gasteiger charge is 2.35. The SMILES string of the molecule is O=C(Nc1ccc(Oc2ccc(Cl)cc2)cc1)[C@H]1CC(=O)N(c2ccc(F)cc2)C1. The maximum Gasteiger partial charge on any atom is 0.229 e. The van der Waals surface area contributed by atoms with E-state index in [-0.39, 0.29) is 30.6 Å². The molecule has 5 nitrogen and oxygen atoms in total. The number of rotatable bonds is 5. The van der Waals surface area contributed by atoms with Gasteiger partial charge in [-0.05, 0) is 72.8 Å². The first-order chi connectivity index (χ1) is 14.5. The Bertz CT molecular complexity index is 1050. The predicted octanol–water partition coefficient (Wildman–Crippen LogP) is 5.26. The quantitative estimate of drug-likeness (QED) is 0.607. The molecule has 0 bridgehead atoms. The van der Waals surface area contributed by atoms with E-state index >= 15 is 0 Å². The van der Waals surface area contributed by atoms with E-state index in [1.807, 2.05) is 0 Å². The summed E-state index contributed by atoms with van der Waals surface area (Å²) in [6.07, 6.45) is 0.112. The maximum absolute atomic E-state index is 13.1. The van der Waals surface area contributed by atoms with Gasteiger partial charge in [0.25, 0.3) is 0 Å². The Balaban J connectivity index is 1.36. The summed E-state index contributed by atoms with van der Waals surface area (Å²) in [4.78, 5) is 26.4. The summed E-state index contributed by atoms with van der Waals surface area (Å²) in [6.45, 7) is 0.258. The van der Waals surface area contributed by atoms with Gasteiger partial charge in [0.15, 0.2) is 0 Å². The average molecular weight is 425 g/mol. The zero-order valence-electron chi connectivity index (χ0n) is 15.8. The first-order valence-corrected chi connectivity index (χ1v) is 9.76. The third-order valence-electron chi connectivity index (χ3n) is 4.81. The van der Waals surface area contributed by atoms with Crippen LogP contribution in [0, 0.1) is 11.7 Å². The van der Waals surface area contributed by atoms with Crippen molar-refractivity contribution < 1.29 is 18.7 Å². The lowest BCUT2D eigenvalue weighted by Crippen LogP contribution is -2.28. The largest absolute Gasteiger partial charge is 0.457 e. The minimum absolute atomic E-state index is 0.112. The summed E-state index contributed by atoms with van der Waals surface area (Å²) in [5, 5.41) is 3.46. The van der Waals surface area contributed by atoms with E-state index in [2.05, 4.69) is 5.32 Å². The van der Waals surface area contributed by atoms with E-state index in [1.165, 1.54) is 29.2 Å². The highest BCUT2D eigenvalue weighted by molar-refractivity contribution is 6.30. The van der Waals surface area contributed by atoms with E-state index in [9.17, 15) is 14.0 Å². The van der Waals surface area contributed by atoms with Crippen molar-refractivity contribution in [2.75, 3.05) is 16.8 Å². The summed E-state index contributed by atoms with van der Waals surface area (Å²) < 4.78 is 18.8. The number of carbonyl (C=O) groups is 2. The lowest BCUT2D eigenvalue weighted by atomic mass is 10.1. The summed E-state index contributed by atoms with van der Waals surface area (Å²) in [5.74, 6) is 0.0268. The summed E-state index contributed by atoms with van der Waals surface area (Å²) in [6, 6.07) is 19.6. The second-order valence-electron chi connectivity index (χ2n) is 6.95. The smallest absolute Gasteiger partial charge is 0.229 e. The molecule has 7 heteroatoms. The Morgan fingerprint density at radius 3 is 2.20 bits per heavy atom. The average Bonchev–Trinajstić information content (AvgIpc) is 3.13. The molecule has 0 radical (unpaired) electrons. The molecule has 1 atom stereocenters. The first-order valence-electron chi connectivity index (χ1n) is 9.38. The molecule has 2 amide bonds. The standard InChI is InChI=1S/C23H18ClFN2O3/c24-16-1-9-20(10-2-16)30-21-11-5-18(6-12-21)26-23(29)15-13-22(28)27(14-15)19-7-3-17(25)4-8-19/h1-12,15H,13-14H2,(H,26,29)/t15-/m0/s1. The zero-order valence-corrected chi connectivity index (χ0v) is 16.6. The lowest BCUT2D eigenvalue weighted by molar-refractivity contribution is -0.122. The summed E-state index contributed by atoms with van der Waals surface area (Å²) >= 11 is 5.86. The minimum atomic E-state index is -0.479. The summed E-state index contributed by atoms with van der Waals surface area (Å²) in [7, 11) is 0. The van der Waals surface area contributed by atoms with Crippen LogP contribution >= 0.6 is 11.6 Å². The van der Waals surface area contributed by atoms with Gasteiger partial charge in [0, 0.05) is 29.4 Å². The van der Waals surface area contributed by atoms with E-state index in [0.717, 1.165) is 0 Å². The van der Waals surface area contributed by atoms with Gasteiger partial charge in [0.05, 0.1) is 5.92 Å². The molecule has 0 saturated carbocycles. The highest BCUT2D eigenvalue weighted by Crippen LogP contribution is 2.27. The molecule has 1 aliphatic rings. The van der Waals surface area contributed by atoms with Gasteiger partial charge in [-0.3, -0.25) is 9.59 Å². The third-order valence-corrected chi connectivity index (χ3v) is 5.06. The van der Waals surface area contributed by atoms with Crippen LogP contribution in [0.4, 0.5) is 15.8 Å². The number of anilines is 2. The van der Waals surface area contributed by atoms with E-state index in [1.54, 1.807) is 48.5 Å². The Hall–Kier alpha value is -3.38. The fourth-order valence-electron chi connectivity index (χ4n) is 3.24. The van der Waals surface area contributed by atoms with Crippen LogP contribution < -0.4 is 15.0 Å². The van der Waals surface area contributed by atoms with Crippen LogP contribution in [0.1, 0.15) is 6.42 Å². The predicted molar refractivity (Wildman–Crippen MR) is 113 cm³/mol. The normalized spacial score (nSPS) is 15.9. The molecular weight excluding hydrogens is 407 g/mol. The molecule has 3 aromatic carbocycles. The van der Waals surface area contributed by atoms with Crippen molar-refractivity contribution in [1.29, 1.82) is 0 Å². The van der Waals surface area contributed by atoms with Gasteiger partial charge < -0.3 is 15.0 Å². The second kappa shape index (κ2) is 8.55. The van der Waals surface area contributed by atoms with Crippen molar-refractivity contribution in [2.45, 2.75) is 6.42 Å². The van der Waals surface area contributed by atoms with Gasteiger partial charge in [-0.25, -0.2) is 4.39 Å². The highest BCUT2D eigenvalue weighted by atomic mass is 35.5. The monoisotopic (exact) mass is 424 g/mol. The molecule has 1 aliphatic heterocycles. The fourth-order valence-corrected chi connectivity index (χ4v) is 3.37. The number of amides is 2.